The van der Waals surface area contributed by atoms with Gasteiger partial charge in [-0.15, -0.1) is 0 Å². The largest absolute Gasteiger partial charge is 0.497 e. The summed E-state index contributed by atoms with van der Waals surface area (Å²) in [5.74, 6) is 1.62. The lowest BCUT2D eigenvalue weighted by Gasteiger charge is -2.05. The molecule has 0 saturated heterocycles. The minimum atomic E-state index is 0.673. The lowest BCUT2D eigenvalue weighted by atomic mass is 10.1. The highest BCUT2D eigenvalue weighted by molar-refractivity contribution is 5.59. The van der Waals surface area contributed by atoms with Gasteiger partial charge in [0.2, 0.25) is 0 Å². The van der Waals surface area contributed by atoms with E-state index >= 15 is 0 Å². The summed E-state index contributed by atoms with van der Waals surface area (Å²) in [6.07, 6.45) is 2.70. The number of nitrogen functional groups attached to an aromatic ring is 1. The number of nitrogens with one attached hydrogen (secondary N) is 1. The maximum Gasteiger partial charge on any atom is 0.171 e. The number of hydrogen-bond donors (Lipinski definition) is 2. The highest BCUT2D eigenvalue weighted by Crippen LogP contribution is 2.15. The van der Waals surface area contributed by atoms with Crippen LogP contribution in [0.25, 0.3) is 0 Å². The Labute approximate surface area is 107 Å². The van der Waals surface area contributed by atoms with Crippen LogP contribution in [-0.2, 0) is 13.5 Å². The molecule has 0 radical (unpaired) electrons. The Hall–Kier alpha value is -2.17. The lowest BCUT2D eigenvalue weighted by Crippen LogP contribution is -2.07. The maximum atomic E-state index is 5.80. The van der Waals surface area contributed by atoms with Crippen LogP contribution in [-0.4, -0.2) is 23.4 Å². The van der Waals surface area contributed by atoms with E-state index in [0.717, 1.165) is 24.5 Å². The SMILES string of the molecule is COc1ccc(CCNc2nn(C)cc2N)cc1. The van der Waals surface area contributed by atoms with Crippen molar-refractivity contribution in [1.82, 2.24) is 9.78 Å². The van der Waals surface area contributed by atoms with Crippen LogP contribution >= 0.6 is 0 Å². The summed E-state index contributed by atoms with van der Waals surface area (Å²) < 4.78 is 6.82. The van der Waals surface area contributed by atoms with Crippen molar-refractivity contribution < 1.29 is 4.74 Å². The van der Waals surface area contributed by atoms with Crippen molar-refractivity contribution in [3.05, 3.63) is 36.0 Å². The topological polar surface area (TPSA) is 65.1 Å². The number of ether oxygens (including phenoxy) is 1. The highest BCUT2D eigenvalue weighted by atomic mass is 16.5. The van der Waals surface area contributed by atoms with Crippen LogP contribution < -0.4 is 15.8 Å². The summed E-state index contributed by atoms with van der Waals surface area (Å²) in [6, 6.07) is 8.04. The molecule has 96 valence electrons. The molecule has 0 aliphatic carbocycles. The fourth-order valence-electron chi connectivity index (χ4n) is 1.76. The number of nitrogens with two attached hydrogens (primary N) is 1. The molecule has 2 aromatic rings. The molecule has 1 aromatic heterocycles. The van der Waals surface area contributed by atoms with Gasteiger partial charge in [-0.3, -0.25) is 4.68 Å². The number of aryl methyl sites for hydroxylation is 1. The third kappa shape index (κ3) is 2.94. The van der Waals surface area contributed by atoms with E-state index in [2.05, 4.69) is 22.5 Å². The molecule has 5 heteroatoms. The van der Waals surface area contributed by atoms with Gasteiger partial charge in [0.05, 0.1) is 12.8 Å². The average molecular weight is 246 g/mol. The number of methoxy groups -OCH3 is 1. The quantitative estimate of drug-likeness (QED) is 0.842. The number of hydrogen-bond acceptors (Lipinski definition) is 4. The zero-order valence-corrected chi connectivity index (χ0v) is 10.7. The third-order valence-electron chi connectivity index (χ3n) is 2.72. The minimum absolute atomic E-state index is 0.673. The van der Waals surface area contributed by atoms with Gasteiger partial charge in [-0.1, -0.05) is 12.1 Å². The van der Waals surface area contributed by atoms with Gasteiger partial charge in [0.15, 0.2) is 5.82 Å². The molecule has 0 saturated carbocycles. The first kappa shape index (κ1) is 12.3. The number of nitrogens with zero attached hydrogens (tertiary/aromatic N) is 2. The van der Waals surface area contributed by atoms with Crippen molar-refractivity contribution >= 4 is 11.5 Å². The standard InChI is InChI=1S/C13H18N4O/c1-17-9-12(14)13(16-17)15-8-7-10-3-5-11(18-2)6-4-10/h3-6,9H,7-8,14H2,1-2H3,(H,15,16). The predicted molar refractivity (Wildman–Crippen MR) is 72.8 cm³/mol. The number of aromatic nitrogens is 2. The van der Waals surface area contributed by atoms with Crippen LogP contribution in [0.3, 0.4) is 0 Å². The Morgan fingerprint density at radius 2 is 2.06 bits per heavy atom. The molecule has 1 heterocycles. The van der Waals surface area contributed by atoms with Crippen LogP contribution in [0.1, 0.15) is 5.56 Å². The number of anilines is 2. The molecule has 0 fully saturated rings. The molecule has 0 atom stereocenters. The van der Waals surface area contributed by atoms with Crippen LogP contribution in [0.5, 0.6) is 5.75 Å². The first-order chi connectivity index (χ1) is 8.69. The van der Waals surface area contributed by atoms with Crippen molar-refractivity contribution in [3.63, 3.8) is 0 Å². The molecule has 0 aliphatic rings. The van der Waals surface area contributed by atoms with E-state index in [1.54, 1.807) is 18.0 Å². The molecule has 2 rings (SSSR count). The Morgan fingerprint density at radius 3 is 2.61 bits per heavy atom. The van der Waals surface area contributed by atoms with Crippen molar-refractivity contribution in [3.8, 4) is 5.75 Å². The van der Waals surface area contributed by atoms with Crippen molar-refractivity contribution in [1.29, 1.82) is 0 Å². The molecular weight excluding hydrogens is 228 g/mol. The van der Waals surface area contributed by atoms with Gasteiger partial charge < -0.3 is 15.8 Å². The van der Waals surface area contributed by atoms with E-state index in [1.165, 1.54) is 5.56 Å². The fraction of sp³-hybridized carbons (Fsp3) is 0.308. The fourth-order valence-corrected chi connectivity index (χ4v) is 1.76. The molecule has 0 aliphatic heterocycles. The summed E-state index contributed by atoms with van der Waals surface area (Å²) in [4.78, 5) is 0. The predicted octanol–water partition coefficient (Wildman–Crippen LogP) is 1.67. The molecule has 0 spiro atoms. The second-order valence-corrected chi connectivity index (χ2v) is 4.13. The summed E-state index contributed by atoms with van der Waals surface area (Å²) >= 11 is 0. The molecule has 18 heavy (non-hydrogen) atoms. The molecule has 1 aromatic carbocycles. The van der Waals surface area contributed by atoms with E-state index in [-0.39, 0.29) is 0 Å². The van der Waals surface area contributed by atoms with Gasteiger partial charge in [0, 0.05) is 19.8 Å². The van der Waals surface area contributed by atoms with Gasteiger partial charge >= 0.3 is 0 Å². The third-order valence-corrected chi connectivity index (χ3v) is 2.72. The highest BCUT2D eigenvalue weighted by Gasteiger charge is 2.02. The van der Waals surface area contributed by atoms with E-state index in [4.69, 9.17) is 10.5 Å². The van der Waals surface area contributed by atoms with E-state index in [0.29, 0.717) is 5.69 Å². The van der Waals surface area contributed by atoms with E-state index < -0.39 is 0 Å². The first-order valence-electron chi connectivity index (χ1n) is 5.85. The van der Waals surface area contributed by atoms with Gasteiger partial charge in [-0.25, -0.2) is 0 Å². The summed E-state index contributed by atoms with van der Waals surface area (Å²) in [7, 11) is 3.52. The Bertz CT molecular complexity index is 504. The summed E-state index contributed by atoms with van der Waals surface area (Å²) in [5.41, 5.74) is 7.72. The molecule has 0 amide bonds. The number of rotatable bonds is 5. The number of benzene rings is 1. The van der Waals surface area contributed by atoms with E-state index in [1.807, 2.05) is 19.2 Å². The Balaban J connectivity index is 1.86. The van der Waals surface area contributed by atoms with Crippen LogP contribution in [0.2, 0.25) is 0 Å². The lowest BCUT2D eigenvalue weighted by molar-refractivity contribution is 0.414. The summed E-state index contributed by atoms with van der Waals surface area (Å²) in [5, 5.41) is 7.45. The van der Waals surface area contributed by atoms with Crippen molar-refractivity contribution in [2.45, 2.75) is 6.42 Å². The molecule has 0 unspecified atom stereocenters. The van der Waals surface area contributed by atoms with Gasteiger partial charge in [0.25, 0.3) is 0 Å². The van der Waals surface area contributed by atoms with Gasteiger partial charge in [-0.2, -0.15) is 5.10 Å². The second kappa shape index (κ2) is 5.44. The van der Waals surface area contributed by atoms with Crippen LogP contribution in [0.4, 0.5) is 11.5 Å². The van der Waals surface area contributed by atoms with Crippen molar-refractivity contribution in [2.24, 2.45) is 7.05 Å². The molecule has 5 nitrogen and oxygen atoms in total. The van der Waals surface area contributed by atoms with Gasteiger partial charge in [-0.05, 0) is 24.1 Å². The second-order valence-electron chi connectivity index (χ2n) is 4.13. The monoisotopic (exact) mass is 246 g/mol. The first-order valence-corrected chi connectivity index (χ1v) is 5.85. The molecule has 0 bridgehead atoms. The Kier molecular flexibility index (Phi) is 3.72. The zero-order chi connectivity index (χ0) is 13.0. The van der Waals surface area contributed by atoms with Gasteiger partial charge in [0.1, 0.15) is 5.75 Å². The molecule has 3 N–H and O–H groups in total. The Morgan fingerprint density at radius 1 is 1.33 bits per heavy atom. The van der Waals surface area contributed by atoms with E-state index in [9.17, 15) is 0 Å². The summed E-state index contributed by atoms with van der Waals surface area (Å²) in [6.45, 7) is 0.799. The zero-order valence-electron chi connectivity index (χ0n) is 10.7. The van der Waals surface area contributed by atoms with Crippen LogP contribution in [0.15, 0.2) is 30.5 Å². The molecular formula is C13H18N4O. The normalized spacial score (nSPS) is 10.3. The van der Waals surface area contributed by atoms with Crippen LogP contribution in [0, 0.1) is 0 Å². The minimum Gasteiger partial charge on any atom is -0.497 e. The van der Waals surface area contributed by atoms with Crippen molar-refractivity contribution in [2.75, 3.05) is 24.7 Å². The smallest absolute Gasteiger partial charge is 0.171 e. The average Bonchev–Trinajstić information content (AvgIpc) is 2.69. The maximum absolute atomic E-state index is 5.80.